The van der Waals surface area contributed by atoms with Crippen LogP contribution in [-0.2, 0) is 9.53 Å². The predicted octanol–water partition coefficient (Wildman–Crippen LogP) is 1.36. The number of unbranched alkanes of at least 4 members (excludes halogenated alkanes) is 2. The van der Waals surface area contributed by atoms with E-state index < -0.39 is 18.0 Å². The number of hydrogen-bond acceptors (Lipinski definition) is 3. The van der Waals surface area contributed by atoms with Crippen LogP contribution in [0.2, 0.25) is 0 Å². The molecule has 0 aromatic carbocycles. The van der Waals surface area contributed by atoms with Crippen molar-refractivity contribution in [1.29, 1.82) is 0 Å². The zero-order chi connectivity index (χ0) is 13.8. The van der Waals surface area contributed by atoms with Gasteiger partial charge < -0.3 is 20.5 Å². The van der Waals surface area contributed by atoms with Crippen LogP contribution in [0.4, 0.5) is 4.79 Å². The van der Waals surface area contributed by atoms with Crippen LogP contribution in [0.15, 0.2) is 0 Å². The summed E-state index contributed by atoms with van der Waals surface area (Å²) < 4.78 is 4.88. The first kappa shape index (κ1) is 16.7. The first-order chi connectivity index (χ1) is 8.61. The maximum atomic E-state index is 11.4. The Bertz CT molecular complexity index is 246. The van der Waals surface area contributed by atoms with Gasteiger partial charge in [-0.3, -0.25) is 0 Å². The third kappa shape index (κ3) is 8.81. The zero-order valence-electron chi connectivity index (χ0n) is 11.2. The lowest BCUT2D eigenvalue weighted by Gasteiger charge is -2.14. The van der Waals surface area contributed by atoms with Crippen molar-refractivity contribution >= 4 is 12.0 Å². The largest absolute Gasteiger partial charge is 0.480 e. The van der Waals surface area contributed by atoms with Crippen LogP contribution in [0, 0.1) is 0 Å². The molecule has 0 aliphatic carbocycles. The number of aliphatic carboxylic acids is 1. The zero-order valence-corrected chi connectivity index (χ0v) is 11.2. The smallest absolute Gasteiger partial charge is 0.326 e. The standard InChI is InChI=1S/C12H24N2O4/c1-3-4-7-10(11(15)16)14-12(17)13-8-5-6-9-18-2/h10H,3-9H2,1-2H3,(H,15,16)(H2,13,14,17)/t10-/m0/s1. The predicted molar refractivity (Wildman–Crippen MR) is 68.6 cm³/mol. The van der Waals surface area contributed by atoms with Gasteiger partial charge in [-0.05, 0) is 19.3 Å². The number of carboxylic acids is 1. The molecule has 0 aromatic heterocycles. The van der Waals surface area contributed by atoms with Crippen LogP contribution >= 0.6 is 0 Å². The number of amides is 2. The van der Waals surface area contributed by atoms with Crippen LogP contribution in [0.25, 0.3) is 0 Å². The van der Waals surface area contributed by atoms with Gasteiger partial charge in [0.05, 0.1) is 0 Å². The van der Waals surface area contributed by atoms with E-state index in [0.717, 1.165) is 25.7 Å². The minimum absolute atomic E-state index is 0.420. The molecule has 0 rings (SSSR count). The lowest BCUT2D eigenvalue weighted by molar-refractivity contribution is -0.139. The van der Waals surface area contributed by atoms with Gasteiger partial charge in [-0.2, -0.15) is 0 Å². The highest BCUT2D eigenvalue weighted by Gasteiger charge is 2.18. The van der Waals surface area contributed by atoms with E-state index in [4.69, 9.17) is 9.84 Å². The lowest BCUT2D eigenvalue weighted by atomic mass is 10.1. The first-order valence-electron chi connectivity index (χ1n) is 6.38. The summed E-state index contributed by atoms with van der Waals surface area (Å²) in [7, 11) is 1.63. The van der Waals surface area contributed by atoms with E-state index in [1.165, 1.54) is 0 Å². The molecule has 3 N–H and O–H groups in total. The van der Waals surface area contributed by atoms with Crippen LogP contribution in [-0.4, -0.2) is 43.4 Å². The highest BCUT2D eigenvalue weighted by Crippen LogP contribution is 2.00. The molecule has 1 atom stereocenters. The molecule has 6 heteroatoms. The topological polar surface area (TPSA) is 87.7 Å². The highest BCUT2D eigenvalue weighted by atomic mass is 16.5. The molecule has 0 heterocycles. The molecule has 18 heavy (non-hydrogen) atoms. The second kappa shape index (κ2) is 10.8. The summed E-state index contributed by atoms with van der Waals surface area (Å²) in [4.78, 5) is 22.3. The van der Waals surface area contributed by atoms with E-state index in [1.807, 2.05) is 6.92 Å². The molecule has 2 amide bonds. The SMILES string of the molecule is CCCC[C@H](NC(=O)NCCCCOC)C(=O)O. The van der Waals surface area contributed by atoms with Crippen LogP contribution in [0.3, 0.4) is 0 Å². The second-order valence-corrected chi connectivity index (χ2v) is 4.13. The summed E-state index contributed by atoms with van der Waals surface area (Å²) in [5.74, 6) is -0.988. The molecule has 0 saturated carbocycles. The first-order valence-corrected chi connectivity index (χ1v) is 6.38. The Labute approximate surface area is 108 Å². The number of urea groups is 1. The summed E-state index contributed by atoms with van der Waals surface area (Å²) in [5.41, 5.74) is 0. The molecule has 106 valence electrons. The van der Waals surface area contributed by atoms with Crippen LogP contribution < -0.4 is 10.6 Å². The van der Waals surface area contributed by atoms with E-state index in [-0.39, 0.29) is 0 Å². The fraction of sp³-hybridized carbons (Fsp3) is 0.833. The van der Waals surface area contributed by atoms with E-state index in [1.54, 1.807) is 7.11 Å². The van der Waals surface area contributed by atoms with Gasteiger partial charge in [-0.25, -0.2) is 9.59 Å². The Morgan fingerprint density at radius 1 is 1.28 bits per heavy atom. The number of methoxy groups -OCH3 is 1. The minimum atomic E-state index is -0.988. The normalized spacial score (nSPS) is 11.9. The van der Waals surface area contributed by atoms with Crippen LogP contribution in [0.1, 0.15) is 39.0 Å². The van der Waals surface area contributed by atoms with Crippen molar-refractivity contribution in [3.05, 3.63) is 0 Å². The van der Waals surface area contributed by atoms with Crippen LogP contribution in [0.5, 0.6) is 0 Å². The number of ether oxygens (including phenoxy) is 1. The van der Waals surface area contributed by atoms with Gasteiger partial charge >= 0.3 is 12.0 Å². The fourth-order valence-corrected chi connectivity index (χ4v) is 1.45. The number of carbonyl (C=O) groups excluding carboxylic acids is 1. The van der Waals surface area contributed by atoms with Gasteiger partial charge in [0.25, 0.3) is 0 Å². The quantitative estimate of drug-likeness (QED) is 0.517. The molecule has 6 nitrogen and oxygen atoms in total. The van der Waals surface area contributed by atoms with Gasteiger partial charge in [-0.1, -0.05) is 19.8 Å². The average Bonchev–Trinajstić information content (AvgIpc) is 2.33. The third-order valence-corrected chi connectivity index (χ3v) is 2.51. The van der Waals surface area contributed by atoms with Crippen molar-refractivity contribution in [2.45, 2.75) is 45.1 Å². The van der Waals surface area contributed by atoms with E-state index >= 15 is 0 Å². The molecule has 0 bridgehead atoms. The average molecular weight is 260 g/mol. The van der Waals surface area contributed by atoms with Crippen molar-refractivity contribution < 1.29 is 19.4 Å². The van der Waals surface area contributed by atoms with Gasteiger partial charge in [0.15, 0.2) is 0 Å². The maximum Gasteiger partial charge on any atom is 0.326 e. The van der Waals surface area contributed by atoms with Crippen molar-refractivity contribution in [1.82, 2.24) is 10.6 Å². The molecule has 0 aliphatic rings. The molecule has 0 fully saturated rings. The van der Waals surface area contributed by atoms with Crippen molar-refractivity contribution in [2.75, 3.05) is 20.3 Å². The molecule has 0 unspecified atom stereocenters. The van der Waals surface area contributed by atoms with E-state index in [9.17, 15) is 9.59 Å². The maximum absolute atomic E-state index is 11.4. The number of rotatable bonds is 10. The summed E-state index contributed by atoms with van der Waals surface area (Å²) in [6.07, 6.45) is 3.83. The number of carboxylic acid groups (broad SMARTS) is 1. The second-order valence-electron chi connectivity index (χ2n) is 4.13. The number of hydrogen-bond donors (Lipinski definition) is 3. The highest BCUT2D eigenvalue weighted by molar-refractivity contribution is 5.82. The Morgan fingerprint density at radius 3 is 2.56 bits per heavy atom. The Balaban J connectivity index is 3.77. The molecule has 0 saturated heterocycles. The lowest BCUT2D eigenvalue weighted by Crippen LogP contribution is -2.46. The summed E-state index contributed by atoms with van der Waals surface area (Å²) >= 11 is 0. The molecule has 0 aromatic rings. The van der Waals surface area contributed by atoms with Crippen molar-refractivity contribution in [3.63, 3.8) is 0 Å². The summed E-state index contributed by atoms with van der Waals surface area (Å²) in [6.45, 7) is 3.17. The molecule has 0 spiro atoms. The van der Waals surface area contributed by atoms with Gasteiger partial charge in [0.1, 0.15) is 6.04 Å². The van der Waals surface area contributed by atoms with Crippen molar-refractivity contribution in [3.8, 4) is 0 Å². The molecular weight excluding hydrogens is 236 g/mol. The Morgan fingerprint density at radius 2 is 2.00 bits per heavy atom. The third-order valence-electron chi connectivity index (χ3n) is 2.51. The molecule has 0 radical (unpaired) electrons. The summed E-state index contributed by atoms with van der Waals surface area (Å²) in [5, 5.41) is 14.0. The fourth-order valence-electron chi connectivity index (χ4n) is 1.45. The van der Waals surface area contributed by atoms with E-state index in [0.29, 0.717) is 19.6 Å². The monoisotopic (exact) mass is 260 g/mol. The Hall–Kier alpha value is -1.30. The minimum Gasteiger partial charge on any atom is -0.480 e. The van der Waals surface area contributed by atoms with Crippen molar-refractivity contribution in [2.24, 2.45) is 0 Å². The summed E-state index contributed by atoms with van der Waals surface area (Å²) in [6, 6.07) is -1.22. The molecule has 0 aliphatic heterocycles. The Kier molecular flexibility index (Phi) is 10.0. The van der Waals surface area contributed by atoms with Gasteiger partial charge in [-0.15, -0.1) is 0 Å². The van der Waals surface area contributed by atoms with E-state index in [2.05, 4.69) is 10.6 Å². The number of nitrogens with one attached hydrogen (secondary N) is 2. The van der Waals surface area contributed by atoms with Gasteiger partial charge in [0.2, 0.25) is 0 Å². The van der Waals surface area contributed by atoms with Gasteiger partial charge in [0, 0.05) is 20.3 Å². The number of carbonyl (C=O) groups is 2. The molecular formula is C12H24N2O4.